The number of aliphatic hydroxyl groups excluding tert-OH is 2. The minimum absolute atomic E-state index is 0.217. The summed E-state index contributed by atoms with van der Waals surface area (Å²) in [6.07, 6.45) is 1.28. The summed E-state index contributed by atoms with van der Waals surface area (Å²) in [5, 5.41) is 21.1. The van der Waals surface area contributed by atoms with Gasteiger partial charge in [0.1, 0.15) is 5.75 Å². The van der Waals surface area contributed by atoms with Crippen LogP contribution in [0.1, 0.15) is 11.1 Å². The number of aliphatic hydroxyl groups is 2. The Morgan fingerprint density at radius 1 is 1.03 bits per heavy atom. The average molecular weight is 396 g/mol. The summed E-state index contributed by atoms with van der Waals surface area (Å²) in [4.78, 5) is 16.5. The van der Waals surface area contributed by atoms with Crippen LogP contribution in [0.5, 0.6) is 5.75 Å². The van der Waals surface area contributed by atoms with E-state index in [2.05, 4.69) is 6.58 Å². The van der Waals surface area contributed by atoms with Gasteiger partial charge in [-0.25, -0.2) is 4.79 Å². The zero-order valence-electron chi connectivity index (χ0n) is 16.6. The van der Waals surface area contributed by atoms with Crippen LogP contribution in [0, 0.1) is 0 Å². The van der Waals surface area contributed by atoms with Gasteiger partial charge in [0, 0.05) is 13.1 Å². The summed E-state index contributed by atoms with van der Waals surface area (Å²) in [5.41, 5.74) is 1.92. The second kappa shape index (κ2) is 9.58. The van der Waals surface area contributed by atoms with Gasteiger partial charge in [-0.15, -0.1) is 6.58 Å². The second-order valence-electron chi connectivity index (χ2n) is 7.20. The summed E-state index contributed by atoms with van der Waals surface area (Å²) in [7, 11) is 1.60. The van der Waals surface area contributed by atoms with Gasteiger partial charge in [-0.1, -0.05) is 48.5 Å². The lowest BCUT2D eigenvalue weighted by molar-refractivity contribution is -0.0533. The van der Waals surface area contributed by atoms with Crippen molar-refractivity contribution in [3.63, 3.8) is 0 Å². The van der Waals surface area contributed by atoms with E-state index in [1.165, 1.54) is 4.90 Å². The third-order valence-corrected chi connectivity index (χ3v) is 5.39. The Hall–Kier alpha value is -2.83. The van der Waals surface area contributed by atoms with Gasteiger partial charge in [-0.3, -0.25) is 0 Å². The zero-order chi connectivity index (χ0) is 20.8. The Morgan fingerprint density at radius 2 is 1.72 bits per heavy atom. The molecular weight excluding hydrogens is 368 g/mol. The van der Waals surface area contributed by atoms with Crippen molar-refractivity contribution < 1.29 is 19.7 Å². The molecule has 1 fully saturated rings. The molecule has 1 aliphatic heterocycles. The highest BCUT2D eigenvalue weighted by atomic mass is 16.5. The number of urea groups is 1. The smallest absolute Gasteiger partial charge is 0.321 e. The summed E-state index contributed by atoms with van der Waals surface area (Å²) >= 11 is 0. The Morgan fingerprint density at radius 3 is 2.31 bits per heavy atom. The van der Waals surface area contributed by atoms with Crippen molar-refractivity contribution in [1.29, 1.82) is 0 Å². The molecule has 1 saturated heterocycles. The molecule has 0 bridgehead atoms. The molecule has 29 heavy (non-hydrogen) atoms. The molecule has 0 radical (unpaired) electrons. The molecule has 0 saturated carbocycles. The highest BCUT2D eigenvalue weighted by Gasteiger charge is 2.45. The number of methoxy groups -OCH3 is 1. The maximum absolute atomic E-state index is 13.3. The van der Waals surface area contributed by atoms with Gasteiger partial charge in [0.15, 0.2) is 0 Å². The van der Waals surface area contributed by atoms with Crippen molar-refractivity contribution >= 4 is 6.03 Å². The molecule has 154 valence electrons. The summed E-state index contributed by atoms with van der Waals surface area (Å²) in [5.74, 6) is 0.730. The number of nitrogens with zero attached hydrogens (tertiary/aromatic N) is 2. The number of hydrogen-bond acceptors (Lipinski definition) is 4. The predicted octanol–water partition coefficient (Wildman–Crippen LogP) is 2.45. The van der Waals surface area contributed by atoms with Crippen molar-refractivity contribution in [3.05, 3.63) is 78.4 Å². The number of hydrogen-bond donors (Lipinski definition) is 2. The fraction of sp³-hybridized carbons (Fsp3) is 0.348. The fourth-order valence-electron chi connectivity index (χ4n) is 3.83. The first-order valence-corrected chi connectivity index (χ1v) is 9.73. The average Bonchev–Trinajstić information content (AvgIpc) is 2.75. The summed E-state index contributed by atoms with van der Waals surface area (Å²) < 4.78 is 5.18. The molecule has 2 aromatic rings. The van der Waals surface area contributed by atoms with Crippen molar-refractivity contribution in [2.75, 3.05) is 20.3 Å². The van der Waals surface area contributed by atoms with Crippen LogP contribution in [0.15, 0.2) is 67.3 Å². The number of carbonyl (C=O) groups excluding carboxylic acids is 1. The highest BCUT2D eigenvalue weighted by Crippen LogP contribution is 2.27. The summed E-state index contributed by atoms with van der Waals surface area (Å²) in [6, 6.07) is 15.8. The molecule has 2 amide bonds. The molecule has 0 aromatic heterocycles. The van der Waals surface area contributed by atoms with Gasteiger partial charge >= 0.3 is 6.03 Å². The van der Waals surface area contributed by atoms with E-state index in [0.29, 0.717) is 13.0 Å². The van der Waals surface area contributed by atoms with E-state index in [-0.39, 0.29) is 19.2 Å². The number of carbonyl (C=O) groups is 1. The van der Waals surface area contributed by atoms with Gasteiger partial charge in [-0.05, 0) is 29.7 Å². The SMILES string of the molecule is C=CCN1C(=O)N(Cc2ccc(OC)cc2)[C@@H](CO)[C@H](O)[C@@H]1Cc1ccccc1. The normalized spacial score (nSPS) is 21.9. The summed E-state index contributed by atoms with van der Waals surface area (Å²) in [6.45, 7) is 4.07. The fourth-order valence-corrected chi connectivity index (χ4v) is 3.83. The van der Waals surface area contributed by atoms with Gasteiger partial charge in [-0.2, -0.15) is 0 Å². The van der Waals surface area contributed by atoms with E-state index >= 15 is 0 Å². The van der Waals surface area contributed by atoms with Crippen LogP contribution in [0.25, 0.3) is 0 Å². The first-order chi connectivity index (χ1) is 14.1. The van der Waals surface area contributed by atoms with E-state index in [0.717, 1.165) is 16.9 Å². The third kappa shape index (κ3) is 4.60. The molecule has 0 aliphatic carbocycles. The molecule has 3 atom stereocenters. The Labute approximate surface area is 171 Å². The highest BCUT2D eigenvalue weighted by molar-refractivity contribution is 5.77. The lowest BCUT2D eigenvalue weighted by Crippen LogP contribution is -2.67. The second-order valence-corrected chi connectivity index (χ2v) is 7.20. The molecule has 6 heteroatoms. The van der Waals surface area contributed by atoms with Crippen molar-refractivity contribution in [1.82, 2.24) is 9.80 Å². The van der Waals surface area contributed by atoms with Gasteiger partial charge < -0.3 is 24.7 Å². The van der Waals surface area contributed by atoms with Crippen molar-refractivity contribution in [2.45, 2.75) is 31.2 Å². The number of ether oxygens (including phenoxy) is 1. The van der Waals surface area contributed by atoms with E-state index in [4.69, 9.17) is 4.74 Å². The predicted molar refractivity (Wildman–Crippen MR) is 112 cm³/mol. The molecule has 0 spiro atoms. The quantitative estimate of drug-likeness (QED) is 0.673. The lowest BCUT2D eigenvalue weighted by atomic mass is 9.91. The Bertz CT molecular complexity index is 809. The van der Waals surface area contributed by atoms with E-state index in [1.54, 1.807) is 18.1 Å². The topological polar surface area (TPSA) is 73.2 Å². The molecule has 0 unspecified atom stereocenters. The van der Waals surface area contributed by atoms with E-state index in [9.17, 15) is 15.0 Å². The zero-order valence-corrected chi connectivity index (χ0v) is 16.6. The maximum Gasteiger partial charge on any atom is 0.321 e. The molecule has 1 aliphatic rings. The van der Waals surface area contributed by atoms with Crippen molar-refractivity contribution in [2.24, 2.45) is 0 Å². The molecule has 2 aromatic carbocycles. The van der Waals surface area contributed by atoms with E-state index < -0.39 is 18.2 Å². The molecule has 3 rings (SSSR count). The van der Waals surface area contributed by atoms with Crippen LogP contribution in [0.2, 0.25) is 0 Å². The van der Waals surface area contributed by atoms with Gasteiger partial charge in [0.2, 0.25) is 0 Å². The monoisotopic (exact) mass is 396 g/mol. The molecule has 2 N–H and O–H groups in total. The minimum atomic E-state index is -0.892. The largest absolute Gasteiger partial charge is 0.497 e. The molecule has 6 nitrogen and oxygen atoms in total. The Kier molecular flexibility index (Phi) is 6.90. The van der Waals surface area contributed by atoms with Crippen LogP contribution in [0.4, 0.5) is 4.79 Å². The van der Waals surface area contributed by atoms with Crippen molar-refractivity contribution in [3.8, 4) is 5.75 Å². The minimum Gasteiger partial charge on any atom is -0.497 e. The van der Waals surface area contributed by atoms with Crippen LogP contribution in [0.3, 0.4) is 0 Å². The standard InChI is InChI=1S/C23H28N2O4/c1-3-13-24-20(14-17-7-5-4-6-8-17)22(27)21(16-26)25(23(24)28)15-18-9-11-19(29-2)12-10-18/h3-12,20-22,26-27H,1,13-16H2,2H3/t20-,21-,22+/m0/s1. The third-order valence-electron chi connectivity index (χ3n) is 5.39. The van der Waals surface area contributed by atoms with Crippen LogP contribution in [-0.2, 0) is 13.0 Å². The van der Waals surface area contributed by atoms with Crippen LogP contribution >= 0.6 is 0 Å². The first kappa shape index (κ1) is 20.9. The van der Waals surface area contributed by atoms with Gasteiger partial charge in [0.25, 0.3) is 0 Å². The number of benzene rings is 2. The number of amides is 2. The first-order valence-electron chi connectivity index (χ1n) is 9.73. The lowest BCUT2D eigenvalue weighted by Gasteiger charge is -2.48. The maximum atomic E-state index is 13.3. The number of rotatable bonds is 8. The molecule has 1 heterocycles. The van der Waals surface area contributed by atoms with Crippen LogP contribution in [-0.4, -0.2) is 64.5 Å². The molecular formula is C23H28N2O4. The van der Waals surface area contributed by atoms with Crippen LogP contribution < -0.4 is 4.74 Å². The van der Waals surface area contributed by atoms with Gasteiger partial charge in [0.05, 0.1) is 31.9 Å². The van der Waals surface area contributed by atoms with E-state index in [1.807, 2.05) is 54.6 Å². The Balaban J connectivity index is 1.86.